The predicted octanol–water partition coefficient (Wildman–Crippen LogP) is 2.90. The van der Waals surface area contributed by atoms with Crippen molar-refractivity contribution >= 4 is 41.7 Å². The first-order valence-corrected chi connectivity index (χ1v) is 9.06. The highest BCUT2D eigenvalue weighted by Crippen LogP contribution is 2.40. The Morgan fingerprint density at radius 2 is 1.97 bits per heavy atom. The number of halogens is 1. The zero-order valence-electron chi connectivity index (χ0n) is 16.5. The van der Waals surface area contributed by atoms with Crippen molar-refractivity contribution in [2.45, 2.75) is 20.3 Å². The lowest BCUT2D eigenvalue weighted by Crippen LogP contribution is -2.37. The van der Waals surface area contributed by atoms with Crippen molar-refractivity contribution in [1.29, 1.82) is 5.26 Å². The molecule has 1 atom stereocenters. The molecule has 0 unspecified atom stereocenters. The molecule has 1 aliphatic rings. The molecule has 1 fully saturated rings. The van der Waals surface area contributed by atoms with Gasteiger partial charge in [0.2, 0.25) is 11.9 Å². The SMILES string of the molecule is CNC(=O)c1ccc(Nc2nccc(N3CC[C@@](C#N)(C(C)C)C3=O)n2)cc1.Cl. The second kappa shape index (κ2) is 8.88. The topological polar surface area (TPSA) is 111 Å². The van der Waals surface area contributed by atoms with Gasteiger partial charge in [-0.25, -0.2) is 4.98 Å². The largest absolute Gasteiger partial charge is 0.355 e. The van der Waals surface area contributed by atoms with E-state index in [1.807, 2.05) is 13.8 Å². The summed E-state index contributed by atoms with van der Waals surface area (Å²) in [5, 5.41) is 15.2. The first-order chi connectivity index (χ1) is 13.4. The van der Waals surface area contributed by atoms with Gasteiger partial charge < -0.3 is 10.6 Å². The molecule has 0 radical (unpaired) electrons. The Bertz CT molecular complexity index is 941. The fourth-order valence-corrected chi connectivity index (χ4v) is 3.26. The Hall–Kier alpha value is -3.18. The maximum atomic E-state index is 12.9. The molecule has 2 amide bonds. The second-order valence-corrected chi connectivity index (χ2v) is 6.96. The Kier molecular flexibility index (Phi) is 6.77. The van der Waals surface area contributed by atoms with Crippen LogP contribution in [0.15, 0.2) is 36.5 Å². The minimum absolute atomic E-state index is 0. The van der Waals surface area contributed by atoms with Crippen LogP contribution in [0.4, 0.5) is 17.5 Å². The highest BCUT2D eigenvalue weighted by atomic mass is 35.5. The van der Waals surface area contributed by atoms with Gasteiger partial charge in [-0.05, 0) is 42.7 Å². The van der Waals surface area contributed by atoms with Gasteiger partial charge in [-0.2, -0.15) is 10.2 Å². The van der Waals surface area contributed by atoms with Crippen LogP contribution in [0.5, 0.6) is 0 Å². The third-order valence-corrected chi connectivity index (χ3v) is 5.09. The molecule has 2 heterocycles. The van der Waals surface area contributed by atoms with Crippen LogP contribution in [0.25, 0.3) is 0 Å². The van der Waals surface area contributed by atoms with Gasteiger partial charge >= 0.3 is 0 Å². The van der Waals surface area contributed by atoms with Crippen molar-refractivity contribution < 1.29 is 9.59 Å². The third kappa shape index (κ3) is 4.15. The fraction of sp³-hybridized carbons (Fsp3) is 0.350. The summed E-state index contributed by atoms with van der Waals surface area (Å²) in [4.78, 5) is 34.7. The number of hydrogen-bond donors (Lipinski definition) is 2. The van der Waals surface area contributed by atoms with E-state index in [1.165, 1.54) is 0 Å². The molecular formula is C20H23ClN6O2. The molecule has 1 saturated heterocycles. The lowest BCUT2D eigenvalue weighted by atomic mass is 9.77. The Labute approximate surface area is 175 Å². The molecule has 2 aromatic rings. The second-order valence-electron chi connectivity index (χ2n) is 6.96. The van der Waals surface area contributed by atoms with Gasteiger partial charge in [0.15, 0.2) is 0 Å². The molecule has 1 aromatic heterocycles. The summed E-state index contributed by atoms with van der Waals surface area (Å²) in [6.45, 7) is 4.22. The van der Waals surface area contributed by atoms with Crippen LogP contribution < -0.4 is 15.5 Å². The third-order valence-electron chi connectivity index (χ3n) is 5.09. The molecule has 152 valence electrons. The first kappa shape index (κ1) is 22.1. The molecule has 0 aliphatic carbocycles. The Balaban J connectivity index is 0.00000300. The van der Waals surface area contributed by atoms with E-state index in [-0.39, 0.29) is 30.1 Å². The minimum atomic E-state index is -1.01. The normalized spacial score (nSPS) is 18.2. The quantitative estimate of drug-likeness (QED) is 0.778. The molecule has 0 bridgehead atoms. The van der Waals surface area contributed by atoms with Crippen LogP contribution in [0.3, 0.4) is 0 Å². The summed E-state index contributed by atoms with van der Waals surface area (Å²) < 4.78 is 0. The number of nitrogens with zero attached hydrogens (tertiary/aromatic N) is 4. The molecule has 0 spiro atoms. The number of aromatic nitrogens is 2. The number of amides is 2. The lowest BCUT2D eigenvalue weighted by Gasteiger charge is -2.24. The zero-order chi connectivity index (χ0) is 20.3. The summed E-state index contributed by atoms with van der Waals surface area (Å²) in [7, 11) is 1.58. The van der Waals surface area contributed by atoms with Crippen LogP contribution in [-0.2, 0) is 4.79 Å². The van der Waals surface area contributed by atoms with Crippen LogP contribution in [0.1, 0.15) is 30.6 Å². The molecular weight excluding hydrogens is 392 g/mol. The number of hydrogen-bond acceptors (Lipinski definition) is 6. The average Bonchev–Trinajstić information content (AvgIpc) is 3.05. The molecule has 0 saturated carbocycles. The van der Waals surface area contributed by atoms with Crippen molar-refractivity contribution in [2.24, 2.45) is 11.3 Å². The van der Waals surface area contributed by atoms with Gasteiger partial charge in [0.25, 0.3) is 5.91 Å². The minimum Gasteiger partial charge on any atom is -0.355 e. The van der Waals surface area contributed by atoms with Crippen LogP contribution in [-0.4, -0.2) is 35.4 Å². The van der Waals surface area contributed by atoms with Gasteiger partial charge in [-0.3, -0.25) is 14.5 Å². The molecule has 1 aromatic carbocycles. The van der Waals surface area contributed by atoms with E-state index < -0.39 is 5.41 Å². The van der Waals surface area contributed by atoms with Gasteiger partial charge in [0.1, 0.15) is 11.2 Å². The average molecular weight is 415 g/mol. The van der Waals surface area contributed by atoms with Crippen LogP contribution in [0.2, 0.25) is 0 Å². The summed E-state index contributed by atoms with van der Waals surface area (Å²) >= 11 is 0. The van der Waals surface area contributed by atoms with Crippen molar-refractivity contribution in [3.05, 3.63) is 42.1 Å². The number of anilines is 3. The van der Waals surface area contributed by atoms with E-state index in [0.717, 1.165) is 0 Å². The zero-order valence-corrected chi connectivity index (χ0v) is 17.3. The predicted molar refractivity (Wildman–Crippen MR) is 112 cm³/mol. The summed E-state index contributed by atoms with van der Waals surface area (Å²) in [6, 6.07) is 10.8. The molecule has 2 N–H and O–H groups in total. The van der Waals surface area contributed by atoms with E-state index in [2.05, 4.69) is 26.7 Å². The van der Waals surface area contributed by atoms with Gasteiger partial charge in [-0.1, -0.05) is 13.8 Å². The lowest BCUT2D eigenvalue weighted by molar-refractivity contribution is -0.124. The van der Waals surface area contributed by atoms with E-state index in [1.54, 1.807) is 48.5 Å². The number of benzene rings is 1. The number of carbonyl (C=O) groups excluding carboxylic acids is 2. The van der Waals surface area contributed by atoms with Gasteiger partial charge in [-0.15, -0.1) is 12.4 Å². The number of rotatable bonds is 5. The number of carbonyl (C=O) groups is 2. The van der Waals surface area contributed by atoms with E-state index in [9.17, 15) is 14.9 Å². The van der Waals surface area contributed by atoms with E-state index in [4.69, 9.17) is 0 Å². The van der Waals surface area contributed by atoms with Crippen molar-refractivity contribution in [3.63, 3.8) is 0 Å². The highest BCUT2D eigenvalue weighted by Gasteiger charge is 2.50. The van der Waals surface area contributed by atoms with Crippen molar-refractivity contribution in [2.75, 3.05) is 23.8 Å². The summed E-state index contributed by atoms with van der Waals surface area (Å²) in [5.74, 6) is 0.334. The summed E-state index contributed by atoms with van der Waals surface area (Å²) in [6.07, 6.45) is 2.05. The van der Waals surface area contributed by atoms with Crippen molar-refractivity contribution in [3.8, 4) is 6.07 Å². The molecule has 29 heavy (non-hydrogen) atoms. The van der Waals surface area contributed by atoms with Crippen molar-refractivity contribution in [1.82, 2.24) is 15.3 Å². The van der Waals surface area contributed by atoms with E-state index >= 15 is 0 Å². The number of nitriles is 1. The maximum absolute atomic E-state index is 12.9. The maximum Gasteiger partial charge on any atom is 0.251 e. The first-order valence-electron chi connectivity index (χ1n) is 9.06. The fourth-order valence-electron chi connectivity index (χ4n) is 3.26. The standard InChI is InChI=1S/C20H22N6O2.ClH/c1-13(2)20(12-21)9-11-26(18(20)28)16-8-10-23-19(25-16)24-15-6-4-14(5-7-15)17(27)22-3;/h4-8,10,13H,9,11H2,1-3H3,(H,22,27)(H,23,24,25);1H/t20-;/m1./s1. The summed E-state index contributed by atoms with van der Waals surface area (Å²) in [5.41, 5.74) is 0.256. The molecule has 1 aliphatic heterocycles. The highest BCUT2D eigenvalue weighted by molar-refractivity contribution is 6.01. The van der Waals surface area contributed by atoms with Gasteiger partial charge in [0.05, 0.1) is 6.07 Å². The molecule has 8 nitrogen and oxygen atoms in total. The smallest absolute Gasteiger partial charge is 0.251 e. The monoisotopic (exact) mass is 414 g/mol. The Morgan fingerprint density at radius 1 is 1.28 bits per heavy atom. The van der Waals surface area contributed by atoms with E-state index in [0.29, 0.717) is 36.0 Å². The molecule has 9 heteroatoms. The van der Waals surface area contributed by atoms with Gasteiger partial charge in [0, 0.05) is 31.0 Å². The van der Waals surface area contributed by atoms with Crippen LogP contribution in [0, 0.1) is 22.7 Å². The molecule has 3 rings (SSSR count). The van der Waals surface area contributed by atoms with Crippen LogP contribution >= 0.6 is 12.4 Å². The Morgan fingerprint density at radius 3 is 2.52 bits per heavy atom. The number of nitrogens with one attached hydrogen (secondary N) is 2.